The summed E-state index contributed by atoms with van der Waals surface area (Å²) in [6.45, 7) is 7.73. The predicted molar refractivity (Wildman–Crippen MR) is 79.2 cm³/mol. The molecule has 3 aliphatic heterocycles. The minimum Gasteiger partial charge on any atom is -0.377 e. The Morgan fingerprint density at radius 1 is 1.10 bits per heavy atom. The molecule has 0 spiro atoms. The minimum absolute atomic E-state index is 0.154. The van der Waals surface area contributed by atoms with Crippen LogP contribution in [0.15, 0.2) is 0 Å². The largest absolute Gasteiger partial charge is 0.377 e. The molecule has 2 atom stereocenters. The van der Waals surface area contributed by atoms with E-state index in [0.717, 1.165) is 52.3 Å². The van der Waals surface area contributed by atoms with Gasteiger partial charge in [0.05, 0.1) is 12.7 Å². The molecule has 0 saturated carbocycles. The fourth-order valence-electron chi connectivity index (χ4n) is 3.38. The van der Waals surface area contributed by atoms with E-state index in [4.69, 9.17) is 9.47 Å². The van der Waals surface area contributed by atoms with Crippen LogP contribution in [0.4, 0.5) is 0 Å². The van der Waals surface area contributed by atoms with Gasteiger partial charge < -0.3 is 19.7 Å². The fourth-order valence-corrected chi connectivity index (χ4v) is 3.38. The van der Waals surface area contributed by atoms with Crippen LogP contribution in [0, 0.1) is 0 Å². The summed E-state index contributed by atoms with van der Waals surface area (Å²) in [4.78, 5) is 16.9. The zero-order valence-corrected chi connectivity index (χ0v) is 12.8. The van der Waals surface area contributed by atoms with Crippen molar-refractivity contribution in [2.24, 2.45) is 0 Å². The number of nitrogens with zero attached hydrogens (tertiary/aromatic N) is 2. The van der Waals surface area contributed by atoms with Crippen LogP contribution in [0.5, 0.6) is 0 Å². The van der Waals surface area contributed by atoms with Crippen LogP contribution in [-0.4, -0.2) is 86.9 Å². The number of carbonyl (C=O) groups excluding carboxylic acids is 1. The summed E-state index contributed by atoms with van der Waals surface area (Å²) in [7, 11) is 0. The summed E-state index contributed by atoms with van der Waals surface area (Å²) in [5, 5.41) is 3.23. The molecule has 2 unspecified atom stereocenters. The molecule has 3 fully saturated rings. The van der Waals surface area contributed by atoms with Crippen molar-refractivity contribution in [2.75, 3.05) is 59.0 Å². The molecule has 3 heterocycles. The van der Waals surface area contributed by atoms with Gasteiger partial charge in [-0.05, 0) is 25.8 Å². The molecule has 21 heavy (non-hydrogen) atoms. The van der Waals surface area contributed by atoms with Crippen molar-refractivity contribution in [3.63, 3.8) is 0 Å². The van der Waals surface area contributed by atoms with E-state index in [1.807, 2.05) is 4.90 Å². The van der Waals surface area contributed by atoms with Gasteiger partial charge in [-0.1, -0.05) is 0 Å². The maximum atomic E-state index is 12.5. The van der Waals surface area contributed by atoms with Crippen LogP contribution in [0.1, 0.15) is 19.3 Å². The van der Waals surface area contributed by atoms with Crippen LogP contribution < -0.4 is 5.32 Å². The standard InChI is InChI=1S/C15H27N3O3/c19-15(14-11-16-4-10-21-14)18-6-2-5-17(7-8-18)12-13-3-1-9-20-13/h13-14,16H,1-12H2. The Morgan fingerprint density at radius 3 is 2.81 bits per heavy atom. The highest BCUT2D eigenvalue weighted by atomic mass is 16.5. The number of hydrogen-bond acceptors (Lipinski definition) is 5. The van der Waals surface area contributed by atoms with Gasteiger partial charge >= 0.3 is 0 Å². The third-order valence-corrected chi connectivity index (χ3v) is 4.59. The molecule has 6 nitrogen and oxygen atoms in total. The van der Waals surface area contributed by atoms with E-state index in [0.29, 0.717) is 19.3 Å². The number of carbonyl (C=O) groups is 1. The topological polar surface area (TPSA) is 54.0 Å². The average Bonchev–Trinajstić information content (AvgIpc) is 2.92. The SMILES string of the molecule is O=C(C1CNCCO1)N1CCCN(CC2CCCO2)CC1. The summed E-state index contributed by atoms with van der Waals surface area (Å²) in [5.41, 5.74) is 0. The van der Waals surface area contributed by atoms with Crippen molar-refractivity contribution in [1.82, 2.24) is 15.1 Å². The van der Waals surface area contributed by atoms with Gasteiger partial charge in [0.2, 0.25) is 0 Å². The molecular weight excluding hydrogens is 270 g/mol. The van der Waals surface area contributed by atoms with E-state index in [2.05, 4.69) is 10.2 Å². The van der Waals surface area contributed by atoms with Crippen molar-refractivity contribution >= 4 is 5.91 Å². The molecule has 3 aliphatic rings. The first-order valence-electron chi connectivity index (χ1n) is 8.28. The number of morpholine rings is 1. The zero-order valence-electron chi connectivity index (χ0n) is 12.8. The lowest BCUT2D eigenvalue weighted by Gasteiger charge is -2.29. The molecule has 0 bridgehead atoms. The van der Waals surface area contributed by atoms with Crippen LogP contribution in [0.25, 0.3) is 0 Å². The second-order valence-electron chi connectivity index (χ2n) is 6.18. The normalized spacial score (nSPS) is 32.1. The van der Waals surface area contributed by atoms with E-state index in [1.165, 1.54) is 12.8 Å². The first-order valence-corrected chi connectivity index (χ1v) is 8.28. The molecule has 6 heteroatoms. The molecule has 0 aromatic carbocycles. The van der Waals surface area contributed by atoms with Crippen molar-refractivity contribution in [1.29, 1.82) is 0 Å². The van der Waals surface area contributed by atoms with E-state index >= 15 is 0 Å². The minimum atomic E-state index is -0.288. The van der Waals surface area contributed by atoms with Gasteiger partial charge in [-0.25, -0.2) is 0 Å². The number of hydrogen-bond donors (Lipinski definition) is 1. The third kappa shape index (κ3) is 4.16. The van der Waals surface area contributed by atoms with Crippen molar-refractivity contribution in [2.45, 2.75) is 31.5 Å². The van der Waals surface area contributed by atoms with Crippen LogP contribution in [0.3, 0.4) is 0 Å². The van der Waals surface area contributed by atoms with E-state index in [9.17, 15) is 4.79 Å². The highest BCUT2D eigenvalue weighted by Gasteiger charge is 2.29. The molecule has 1 N–H and O–H groups in total. The van der Waals surface area contributed by atoms with Gasteiger partial charge in [0.25, 0.3) is 5.91 Å². The van der Waals surface area contributed by atoms with Crippen molar-refractivity contribution < 1.29 is 14.3 Å². The Morgan fingerprint density at radius 2 is 2.05 bits per heavy atom. The molecular formula is C15H27N3O3. The zero-order chi connectivity index (χ0) is 14.5. The van der Waals surface area contributed by atoms with Crippen LogP contribution in [-0.2, 0) is 14.3 Å². The second-order valence-corrected chi connectivity index (χ2v) is 6.18. The van der Waals surface area contributed by atoms with Gasteiger partial charge in [0.15, 0.2) is 0 Å². The number of rotatable bonds is 3. The highest BCUT2D eigenvalue weighted by molar-refractivity contribution is 5.81. The first-order chi connectivity index (χ1) is 10.3. The number of nitrogens with one attached hydrogen (secondary N) is 1. The van der Waals surface area contributed by atoms with Gasteiger partial charge in [0, 0.05) is 45.9 Å². The summed E-state index contributed by atoms with van der Waals surface area (Å²) in [6, 6.07) is 0. The Kier molecular flexibility index (Phi) is 5.46. The lowest BCUT2D eigenvalue weighted by atomic mass is 10.2. The molecule has 0 aromatic rings. The summed E-state index contributed by atoms with van der Waals surface area (Å²) >= 11 is 0. The van der Waals surface area contributed by atoms with E-state index < -0.39 is 0 Å². The fraction of sp³-hybridized carbons (Fsp3) is 0.933. The van der Waals surface area contributed by atoms with Gasteiger partial charge in [0.1, 0.15) is 6.10 Å². The maximum Gasteiger partial charge on any atom is 0.253 e. The number of amides is 1. The monoisotopic (exact) mass is 297 g/mol. The van der Waals surface area contributed by atoms with Crippen LogP contribution >= 0.6 is 0 Å². The molecule has 1 amide bonds. The third-order valence-electron chi connectivity index (χ3n) is 4.59. The summed E-state index contributed by atoms with van der Waals surface area (Å²) in [5.74, 6) is 0.154. The average molecular weight is 297 g/mol. The first kappa shape index (κ1) is 15.2. The van der Waals surface area contributed by atoms with Crippen molar-refractivity contribution in [3.05, 3.63) is 0 Å². The van der Waals surface area contributed by atoms with Gasteiger partial charge in [-0.2, -0.15) is 0 Å². The van der Waals surface area contributed by atoms with Crippen LogP contribution in [0.2, 0.25) is 0 Å². The Labute approximate surface area is 126 Å². The van der Waals surface area contributed by atoms with Gasteiger partial charge in [-0.3, -0.25) is 9.69 Å². The summed E-state index contributed by atoms with van der Waals surface area (Å²) < 4.78 is 11.3. The lowest BCUT2D eigenvalue weighted by molar-refractivity contribution is -0.145. The van der Waals surface area contributed by atoms with Gasteiger partial charge in [-0.15, -0.1) is 0 Å². The highest BCUT2D eigenvalue weighted by Crippen LogP contribution is 2.15. The molecule has 0 aliphatic carbocycles. The quantitative estimate of drug-likeness (QED) is 0.774. The van der Waals surface area contributed by atoms with E-state index in [-0.39, 0.29) is 12.0 Å². The predicted octanol–water partition coefficient (Wildman–Crippen LogP) is -0.312. The summed E-state index contributed by atoms with van der Waals surface area (Å²) in [6.07, 6.45) is 3.52. The Balaban J connectivity index is 1.46. The van der Waals surface area contributed by atoms with Crippen molar-refractivity contribution in [3.8, 4) is 0 Å². The molecule has 3 saturated heterocycles. The Hall–Kier alpha value is -0.690. The van der Waals surface area contributed by atoms with E-state index in [1.54, 1.807) is 0 Å². The lowest BCUT2D eigenvalue weighted by Crippen LogP contribution is -2.50. The number of ether oxygens (including phenoxy) is 2. The smallest absolute Gasteiger partial charge is 0.253 e. The Bertz CT molecular complexity index is 341. The molecule has 3 rings (SSSR count). The molecule has 120 valence electrons. The molecule has 0 aromatic heterocycles. The molecule has 0 radical (unpaired) electrons. The maximum absolute atomic E-state index is 12.5. The second kappa shape index (κ2) is 7.54.